The molecule has 1 saturated heterocycles. The minimum absolute atomic E-state index is 0.0409. The lowest BCUT2D eigenvalue weighted by Crippen LogP contribution is -2.48. The maximum atomic E-state index is 6.37. The highest BCUT2D eigenvalue weighted by atomic mass is 16.8. The van der Waals surface area contributed by atoms with Gasteiger partial charge in [0.05, 0.1) is 19.8 Å². The number of methoxy groups -OCH3 is 1. The minimum atomic E-state index is -0.615. The molecule has 150 valence electrons. The van der Waals surface area contributed by atoms with Crippen molar-refractivity contribution in [1.82, 2.24) is 0 Å². The average molecular weight is 375 g/mol. The lowest BCUT2D eigenvalue weighted by atomic mass is 9.79. The number of hydrogen-bond acceptors (Lipinski definition) is 4. The minimum Gasteiger partial charge on any atom is -0.497 e. The van der Waals surface area contributed by atoms with Gasteiger partial charge in [-0.25, -0.2) is 0 Å². The van der Waals surface area contributed by atoms with E-state index in [0.29, 0.717) is 12.5 Å². The van der Waals surface area contributed by atoms with Crippen LogP contribution in [-0.2, 0) is 20.8 Å². The number of benzene rings is 1. The van der Waals surface area contributed by atoms with E-state index in [1.165, 1.54) is 32.1 Å². The van der Waals surface area contributed by atoms with Crippen LogP contribution in [0.4, 0.5) is 0 Å². The Morgan fingerprint density at radius 2 is 1.81 bits per heavy atom. The molecule has 2 aliphatic rings. The standard InChI is InChI=1S/C23H34O4/c1-6-23(4,25-16-17-12-14-19(24-5)15-13-17)21-20(26-22(2,3)27-21)18-10-8-7-9-11-18/h6,12-15,18,20-21H,1,7-11,16H2,2-5H3/t20-,21-,23-/m1/s1. The monoisotopic (exact) mass is 374 g/mol. The molecule has 0 unspecified atom stereocenters. The predicted octanol–water partition coefficient (Wildman–Crippen LogP) is 5.26. The van der Waals surface area contributed by atoms with E-state index in [9.17, 15) is 0 Å². The first-order chi connectivity index (χ1) is 12.9. The molecule has 4 heteroatoms. The molecule has 1 aliphatic carbocycles. The highest BCUT2D eigenvalue weighted by Crippen LogP contribution is 2.43. The van der Waals surface area contributed by atoms with Crippen molar-refractivity contribution in [2.24, 2.45) is 5.92 Å². The van der Waals surface area contributed by atoms with E-state index in [1.54, 1.807) is 7.11 Å². The van der Waals surface area contributed by atoms with Crippen LogP contribution < -0.4 is 4.74 Å². The molecular formula is C23H34O4. The molecule has 0 amide bonds. The zero-order valence-electron chi connectivity index (χ0n) is 17.2. The molecule has 1 aromatic carbocycles. The van der Waals surface area contributed by atoms with E-state index in [2.05, 4.69) is 13.5 Å². The largest absolute Gasteiger partial charge is 0.497 e. The fourth-order valence-corrected chi connectivity index (χ4v) is 4.26. The third kappa shape index (κ3) is 4.74. The summed E-state index contributed by atoms with van der Waals surface area (Å²) in [7, 11) is 1.67. The molecule has 0 spiro atoms. The Labute approximate surface area is 163 Å². The van der Waals surface area contributed by atoms with E-state index >= 15 is 0 Å². The molecule has 3 atom stereocenters. The first-order valence-corrected chi connectivity index (χ1v) is 10.1. The molecule has 1 aromatic rings. The quantitative estimate of drug-likeness (QED) is 0.610. The molecule has 2 fully saturated rings. The second kappa shape index (κ2) is 8.34. The van der Waals surface area contributed by atoms with Gasteiger partial charge in [-0.15, -0.1) is 6.58 Å². The van der Waals surface area contributed by atoms with Crippen LogP contribution >= 0.6 is 0 Å². The van der Waals surface area contributed by atoms with Crippen LogP contribution in [0.15, 0.2) is 36.9 Å². The van der Waals surface area contributed by atoms with Gasteiger partial charge in [0.15, 0.2) is 5.79 Å². The summed E-state index contributed by atoms with van der Waals surface area (Å²) >= 11 is 0. The Balaban J connectivity index is 1.74. The molecule has 1 saturated carbocycles. The van der Waals surface area contributed by atoms with E-state index in [1.807, 2.05) is 44.2 Å². The summed E-state index contributed by atoms with van der Waals surface area (Å²) in [6.07, 6.45) is 8.03. The van der Waals surface area contributed by atoms with Crippen molar-refractivity contribution in [3.63, 3.8) is 0 Å². The summed E-state index contributed by atoms with van der Waals surface area (Å²) in [5.41, 5.74) is 0.478. The van der Waals surface area contributed by atoms with Crippen molar-refractivity contribution in [1.29, 1.82) is 0 Å². The van der Waals surface area contributed by atoms with Gasteiger partial charge in [-0.2, -0.15) is 0 Å². The van der Waals surface area contributed by atoms with Gasteiger partial charge < -0.3 is 18.9 Å². The smallest absolute Gasteiger partial charge is 0.163 e. The van der Waals surface area contributed by atoms with Crippen molar-refractivity contribution >= 4 is 0 Å². The lowest BCUT2D eigenvalue weighted by Gasteiger charge is -2.38. The summed E-state index contributed by atoms with van der Waals surface area (Å²) in [4.78, 5) is 0. The number of ether oxygens (including phenoxy) is 4. The molecule has 4 nitrogen and oxygen atoms in total. The van der Waals surface area contributed by atoms with Crippen molar-refractivity contribution in [2.45, 2.75) is 83.1 Å². The zero-order chi connectivity index (χ0) is 19.5. The lowest BCUT2D eigenvalue weighted by molar-refractivity contribution is -0.171. The summed E-state index contributed by atoms with van der Waals surface area (Å²) in [5, 5.41) is 0. The zero-order valence-corrected chi connectivity index (χ0v) is 17.2. The average Bonchev–Trinajstić information content (AvgIpc) is 3.03. The Hall–Kier alpha value is -1.36. The second-order valence-corrected chi connectivity index (χ2v) is 8.44. The third-order valence-electron chi connectivity index (χ3n) is 5.92. The van der Waals surface area contributed by atoms with Crippen molar-refractivity contribution in [3.05, 3.63) is 42.5 Å². The van der Waals surface area contributed by atoms with E-state index < -0.39 is 11.4 Å². The molecule has 0 N–H and O–H groups in total. The van der Waals surface area contributed by atoms with E-state index in [-0.39, 0.29) is 12.2 Å². The number of rotatable bonds is 7. The van der Waals surface area contributed by atoms with Crippen LogP contribution in [0.2, 0.25) is 0 Å². The van der Waals surface area contributed by atoms with E-state index in [0.717, 1.165) is 11.3 Å². The van der Waals surface area contributed by atoms with Crippen LogP contribution in [0.1, 0.15) is 58.4 Å². The van der Waals surface area contributed by atoms with Crippen molar-refractivity contribution < 1.29 is 18.9 Å². The molecular weight excluding hydrogens is 340 g/mol. The molecule has 1 heterocycles. The fraction of sp³-hybridized carbons (Fsp3) is 0.652. The Morgan fingerprint density at radius 1 is 1.15 bits per heavy atom. The van der Waals surface area contributed by atoms with Gasteiger partial charge >= 0.3 is 0 Å². The van der Waals surface area contributed by atoms with Gasteiger partial charge in [0.2, 0.25) is 0 Å². The highest BCUT2D eigenvalue weighted by molar-refractivity contribution is 5.26. The summed E-state index contributed by atoms with van der Waals surface area (Å²) in [6, 6.07) is 7.95. The van der Waals surface area contributed by atoms with Gasteiger partial charge in [0.1, 0.15) is 17.5 Å². The molecule has 0 bridgehead atoms. The Kier molecular flexibility index (Phi) is 6.29. The van der Waals surface area contributed by atoms with Gasteiger partial charge in [-0.05, 0) is 57.2 Å². The van der Waals surface area contributed by atoms with Crippen molar-refractivity contribution in [3.8, 4) is 5.75 Å². The maximum Gasteiger partial charge on any atom is 0.163 e. The molecule has 0 radical (unpaired) electrons. The molecule has 27 heavy (non-hydrogen) atoms. The van der Waals surface area contributed by atoms with Gasteiger partial charge in [0, 0.05) is 0 Å². The van der Waals surface area contributed by atoms with Gasteiger partial charge in [-0.1, -0.05) is 37.5 Å². The van der Waals surface area contributed by atoms with Crippen molar-refractivity contribution in [2.75, 3.05) is 7.11 Å². The van der Waals surface area contributed by atoms with Crippen LogP contribution in [-0.4, -0.2) is 30.7 Å². The Bertz CT molecular complexity index is 618. The maximum absolute atomic E-state index is 6.37. The van der Waals surface area contributed by atoms with E-state index in [4.69, 9.17) is 18.9 Å². The highest BCUT2D eigenvalue weighted by Gasteiger charge is 2.52. The summed E-state index contributed by atoms with van der Waals surface area (Å²) < 4.78 is 24.3. The second-order valence-electron chi connectivity index (χ2n) is 8.44. The van der Waals surface area contributed by atoms with Gasteiger partial charge in [-0.3, -0.25) is 0 Å². The number of hydrogen-bond donors (Lipinski definition) is 0. The Morgan fingerprint density at radius 3 is 2.41 bits per heavy atom. The molecule has 3 rings (SSSR count). The topological polar surface area (TPSA) is 36.9 Å². The normalized spacial score (nSPS) is 27.9. The summed E-state index contributed by atoms with van der Waals surface area (Å²) in [5.74, 6) is 0.770. The van der Waals surface area contributed by atoms with Crippen LogP contribution in [0, 0.1) is 5.92 Å². The van der Waals surface area contributed by atoms with Gasteiger partial charge in [0.25, 0.3) is 0 Å². The molecule has 0 aromatic heterocycles. The molecule has 1 aliphatic heterocycles. The first kappa shape index (κ1) is 20.4. The first-order valence-electron chi connectivity index (χ1n) is 10.1. The van der Waals surface area contributed by atoms with Crippen LogP contribution in [0.3, 0.4) is 0 Å². The van der Waals surface area contributed by atoms with Crippen LogP contribution in [0.5, 0.6) is 5.75 Å². The fourth-order valence-electron chi connectivity index (χ4n) is 4.26. The van der Waals surface area contributed by atoms with Crippen LogP contribution in [0.25, 0.3) is 0 Å². The SMILES string of the molecule is C=C[C@@](C)(OCc1ccc(OC)cc1)[C@@H]1OC(C)(C)O[C@@H]1C1CCCCC1. The summed E-state index contributed by atoms with van der Waals surface area (Å²) in [6.45, 7) is 10.6. The predicted molar refractivity (Wildman–Crippen MR) is 107 cm³/mol. The third-order valence-corrected chi connectivity index (χ3v) is 5.92.